The number of halogens is 1. The van der Waals surface area contributed by atoms with Gasteiger partial charge in [-0.3, -0.25) is 4.79 Å². The molecule has 0 aliphatic carbocycles. The molecule has 0 saturated carbocycles. The van der Waals surface area contributed by atoms with Gasteiger partial charge < -0.3 is 9.84 Å². The Hall–Kier alpha value is -3.11. The number of hydrazone groups is 1. The van der Waals surface area contributed by atoms with Crippen molar-refractivity contribution in [2.45, 2.75) is 25.2 Å². The molecule has 2 heterocycles. The number of carbonyl (C=O) groups is 1. The first-order chi connectivity index (χ1) is 15.7. The monoisotopic (exact) mass is 474 g/mol. The van der Waals surface area contributed by atoms with Crippen molar-refractivity contribution in [2.24, 2.45) is 16.9 Å². The lowest BCUT2D eigenvalue weighted by molar-refractivity contribution is -0.438. The molecule has 2 aromatic rings. The fraction of sp³-hybridized carbons (Fsp3) is 0.348. The van der Waals surface area contributed by atoms with Gasteiger partial charge in [0.05, 0.1) is 23.8 Å². The van der Waals surface area contributed by atoms with Crippen molar-refractivity contribution >= 4 is 33.6 Å². The number of benzene rings is 2. The Kier molecular flexibility index (Phi) is 6.31. The van der Waals surface area contributed by atoms with Crippen LogP contribution in [-0.4, -0.2) is 60.1 Å². The predicted octanol–water partition coefficient (Wildman–Crippen LogP) is 3.09. The van der Waals surface area contributed by atoms with Crippen LogP contribution in [-0.2, 0) is 14.8 Å². The smallest absolute Gasteiger partial charge is 0.309 e. The Balaban J connectivity index is 1.60. The van der Waals surface area contributed by atoms with E-state index in [4.69, 9.17) is 9.84 Å². The van der Waals surface area contributed by atoms with Crippen LogP contribution in [0.15, 0.2) is 52.5 Å². The normalized spacial score (nSPS) is 21.8. The number of sulfonamides is 1. The number of carboxylic acid groups (broad SMARTS) is 1. The molecule has 1 saturated heterocycles. The van der Waals surface area contributed by atoms with Crippen LogP contribution in [0.1, 0.15) is 25.8 Å². The van der Waals surface area contributed by atoms with Crippen molar-refractivity contribution in [3.8, 4) is 5.75 Å². The highest BCUT2D eigenvalue weighted by Crippen LogP contribution is 2.32. The molecule has 2 aliphatic rings. The molecular formula is C23H25FN3O5S+. The molecule has 0 bridgehead atoms. The van der Waals surface area contributed by atoms with Gasteiger partial charge in [0.2, 0.25) is 15.7 Å². The van der Waals surface area contributed by atoms with E-state index in [0.717, 1.165) is 0 Å². The van der Waals surface area contributed by atoms with E-state index in [0.29, 0.717) is 24.6 Å². The van der Waals surface area contributed by atoms with Gasteiger partial charge in [0, 0.05) is 24.3 Å². The minimum absolute atomic E-state index is 0.0156. The molecular weight excluding hydrogens is 449 g/mol. The summed E-state index contributed by atoms with van der Waals surface area (Å²) in [5.74, 6) is -1.24. The fourth-order valence-corrected chi connectivity index (χ4v) is 5.72. The number of rotatable bonds is 7. The SMILES string of the molecule is CCOc1ccc(S(=O)(=O)N2CC(/C=[N+]3/N=C(CC(=O)O)c4c(F)cccc43)[C@H](C)C2)cc1. The van der Waals surface area contributed by atoms with Gasteiger partial charge >= 0.3 is 5.97 Å². The molecule has 2 atom stereocenters. The molecule has 0 aromatic heterocycles. The van der Waals surface area contributed by atoms with Gasteiger partial charge in [0.1, 0.15) is 22.8 Å². The van der Waals surface area contributed by atoms with Gasteiger partial charge in [-0.2, -0.15) is 4.31 Å². The summed E-state index contributed by atoms with van der Waals surface area (Å²) >= 11 is 0. The highest BCUT2D eigenvalue weighted by Gasteiger charge is 2.40. The van der Waals surface area contributed by atoms with Crippen molar-refractivity contribution in [3.63, 3.8) is 0 Å². The molecule has 10 heteroatoms. The van der Waals surface area contributed by atoms with E-state index < -0.39 is 28.2 Å². The lowest BCUT2D eigenvalue weighted by Gasteiger charge is -2.16. The number of carboxylic acids is 1. The summed E-state index contributed by atoms with van der Waals surface area (Å²) in [5.41, 5.74) is 0.753. The Morgan fingerprint density at radius 1 is 1.27 bits per heavy atom. The molecule has 33 heavy (non-hydrogen) atoms. The molecule has 2 aliphatic heterocycles. The zero-order valence-electron chi connectivity index (χ0n) is 18.3. The quantitative estimate of drug-likeness (QED) is 0.622. The Morgan fingerprint density at radius 2 is 2.00 bits per heavy atom. The third-order valence-electron chi connectivity index (χ3n) is 5.82. The summed E-state index contributed by atoms with van der Waals surface area (Å²) in [6.45, 7) is 4.86. The number of ether oxygens (including phenoxy) is 1. The lowest BCUT2D eigenvalue weighted by Crippen LogP contribution is -2.29. The first-order valence-corrected chi connectivity index (χ1v) is 12.1. The van der Waals surface area contributed by atoms with Crippen LogP contribution < -0.4 is 4.74 Å². The van der Waals surface area contributed by atoms with E-state index in [2.05, 4.69) is 5.10 Å². The van der Waals surface area contributed by atoms with Crippen molar-refractivity contribution in [1.82, 2.24) is 4.31 Å². The maximum absolute atomic E-state index is 14.4. The van der Waals surface area contributed by atoms with Gasteiger partial charge in [-0.05, 0) is 43.2 Å². The van der Waals surface area contributed by atoms with Crippen LogP contribution in [0.25, 0.3) is 0 Å². The summed E-state index contributed by atoms with van der Waals surface area (Å²) in [6.07, 6.45) is 1.35. The first-order valence-electron chi connectivity index (χ1n) is 10.7. The molecule has 0 amide bonds. The van der Waals surface area contributed by atoms with Crippen LogP contribution in [0.5, 0.6) is 5.75 Å². The Bertz CT molecular complexity index is 1240. The third kappa shape index (κ3) is 4.53. The largest absolute Gasteiger partial charge is 0.494 e. The van der Waals surface area contributed by atoms with Gasteiger partial charge in [0.25, 0.3) is 0 Å². The Labute approximate surface area is 191 Å². The van der Waals surface area contributed by atoms with Gasteiger partial charge in [0.15, 0.2) is 6.21 Å². The van der Waals surface area contributed by atoms with E-state index in [1.165, 1.54) is 33.3 Å². The average Bonchev–Trinajstić information content (AvgIpc) is 3.30. The van der Waals surface area contributed by atoms with Crippen molar-refractivity contribution in [3.05, 3.63) is 53.8 Å². The topological polar surface area (TPSA) is 99.3 Å². The maximum atomic E-state index is 14.4. The van der Waals surface area contributed by atoms with E-state index in [1.54, 1.807) is 24.4 Å². The van der Waals surface area contributed by atoms with Crippen LogP contribution in [0.4, 0.5) is 10.1 Å². The minimum Gasteiger partial charge on any atom is -0.494 e. The zero-order valence-corrected chi connectivity index (χ0v) is 19.1. The zero-order chi connectivity index (χ0) is 23.8. The summed E-state index contributed by atoms with van der Waals surface area (Å²) in [7, 11) is -3.70. The van der Waals surface area contributed by atoms with Crippen molar-refractivity contribution < 1.29 is 32.1 Å². The van der Waals surface area contributed by atoms with Gasteiger partial charge in [-0.1, -0.05) is 17.7 Å². The summed E-state index contributed by atoms with van der Waals surface area (Å²) in [6, 6.07) is 10.8. The average molecular weight is 475 g/mol. The van der Waals surface area contributed by atoms with E-state index in [-0.39, 0.29) is 34.6 Å². The molecule has 1 N–H and O–H groups in total. The molecule has 0 radical (unpaired) electrons. The maximum Gasteiger partial charge on any atom is 0.309 e. The Morgan fingerprint density at radius 3 is 2.67 bits per heavy atom. The highest BCUT2D eigenvalue weighted by molar-refractivity contribution is 7.89. The predicted molar refractivity (Wildman–Crippen MR) is 120 cm³/mol. The number of hydrogen-bond donors (Lipinski definition) is 1. The fourth-order valence-electron chi connectivity index (χ4n) is 4.15. The van der Waals surface area contributed by atoms with Crippen molar-refractivity contribution in [2.75, 3.05) is 19.7 Å². The van der Waals surface area contributed by atoms with E-state index in [9.17, 15) is 17.6 Å². The standard InChI is InChI=1S/C23H24FN3O5S/c1-3-32-17-7-9-18(10-8-17)33(30,31)26-12-15(2)16(13-26)14-27-21-6-4-5-19(24)23(21)20(25-27)11-22(28)29/h4-10,14-16H,3,11-13H2,1-2H3/p+1/b27-14+/t15-,16?/m1/s1. The molecule has 0 spiro atoms. The minimum atomic E-state index is -3.70. The summed E-state index contributed by atoms with van der Waals surface area (Å²) in [4.78, 5) is 11.4. The molecule has 4 rings (SSSR count). The van der Waals surface area contributed by atoms with Gasteiger partial charge in [-0.15, -0.1) is 0 Å². The van der Waals surface area contributed by atoms with Crippen molar-refractivity contribution in [1.29, 1.82) is 0 Å². The highest BCUT2D eigenvalue weighted by atomic mass is 32.2. The van der Waals surface area contributed by atoms with Crippen LogP contribution >= 0.6 is 0 Å². The van der Waals surface area contributed by atoms with E-state index in [1.807, 2.05) is 13.8 Å². The second-order valence-electron chi connectivity index (χ2n) is 8.11. The molecule has 8 nitrogen and oxygen atoms in total. The summed E-state index contributed by atoms with van der Waals surface area (Å²) in [5, 5.41) is 13.5. The van der Waals surface area contributed by atoms with Crippen LogP contribution in [0, 0.1) is 17.7 Å². The van der Waals surface area contributed by atoms with Gasteiger partial charge in [-0.25, -0.2) is 12.8 Å². The van der Waals surface area contributed by atoms with Crippen LogP contribution in [0.3, 0.4) is 0 Å². The number of fused-ring (bicyclic) bond motifs is 1. The molecule has 1 unspecified atom stereocenters. The van der Waals surface area contributed by atoms with Crippen LogP contribution in [0.2, 0.25) is 0 Å². The molecule has 1 fully saturated rings. The number of hydrogen-bond acceptors (Lipinski definition) is 5. The second kappa shape index (κ2) is 9.03. The molecule has 174 valence electrons. The third-order valence-corrected chi connectivity index (χ3v) is 7.66. The lowest BCUT2D eigenvalue weighted by atomic mass is 9.99. The second-order valence-corrected chi connectivity index (χ2v) is 10.1. The number of aliphatic carboxylic acids is 1. The summed E-state index contributed by atoms with van der Waals surface area (Å²) < 4.78 is 49.0. The number of nitrogens with zero attached hydrogens (tertiary/aromatic N) is 3. The van der Waals surface area contributed by atoms with E-state index >= 15 is 0 Å². The molecule has 2 aromatic carbocycles. The first kappa shape index (κ1) is 23.1.